The highest BCUT2D eigenvalue weighted by atomic mass is 15.1. The Morgan fingerprint density at radius 3 is 3.00 bits per heavy atom. The molecule has 0 aromatic rings. The molecule has 2 bridgehead atoms. The van der Waals surface area contributed by atoms with Crippen molar-refractivity contribution in [3.63, 3.8) is 0 Å². The second kappa shape index (κ2) is 4.15. The van der Waals surface area contributed by atoms with Crippen molar-refractivity contribution in [2.24, 2.45) is 0 Å². The van der Waals surface area contributed by atoms with Gasteiger partial charge in [0.25, 0.3) is 0 Å². The SMILES string of the molecule is C=C/C(C)=C1/CNC2CNCC(C2)N1. The van der Waals surface area contributed by atoms with Gasteiger partial charge in [-0.05, 0) is 18.9 Å². The minimum Gasteiger partial charge on any atom is -0.383 e. The van der Waals surface area contributed by atoms with Crippen LogP contribution in [-0.2, 0) is 0 Å². The van der Waals surface area contributed by atoms with Crippen molar-refractivity contribution >= 4 is 0 Å². The third-order valence-corrected chi connectivity index (χ3v) is 3.08. The van der Waals surface area contributed by atoms with Gasteiger partial charge in [0.1, 0.15) is 0 Å². The summed E-state index contributed by atoms with van der Waals surface area (Å²) < 4.78 is 0. The van der Waals surface area contributed by atoms with Gasteiger partial charge in [-0.15, -0.1) is 0 Å². The zero-order valence-corrected chi connectivity index (χ0v) is 8.77. The van der Waals surface area contributed by atoms with Crippen LogP contribution in [0.1, 0.15) is 13.3 Å². The molecule has 3 nitrogen and oxygen atoms in total. The fourth-order valence-electron chi connectivity index (χ4n) is 2.13. The minimum absolute atomic E-state index is 0.577. The van der Waals surface area contributed by atoms with Gasteiger partial charge in [-0.25, -0.2) is 0 Å². The number of rotatable bonds is 1. The lowest BCUT2D eigenvalue weighted by Crippen LogP contribution is -2.49. The number of hydrogen-bond donors (Lipinski definition) is 3. The molecule has 0 radical (unpaired) electrons. The summed E-state index contributed by atoms with van der Waals surface area (Å²) in [6.45, 7) is 9.04. The first-order valence-corrected chi connectivity index (χ1v) is 5.32. The zero-order chi connectivity index (χ0) is 9.97. The smallest absolute Gasteiger partial charge is 0.0398 e. The number of allylic oxidation sites excluding steroid dienone is 2. The maximum atomic E-state index is 3.81. The summed E-state index contributed by atoms with van der Waals surface area (Å²) in [5.41, 5.74) is 2.56. The lowest BCUT2D eigenvalue weighted by atomic mass is 10.0. The molecule has 0 saturated carbocycles. The first-order valence-electron chi connectivity index (χ1n) is 5.32. The van der Waals surface area contributed by atoms with E-state index in [-0.39, 0.29) is 0 Å². The van der Waals surface area contributed by atoms with E-state index in [2.05, 4.69) is 29.5 Å². The highest BCUT2D eigenvalue weighted by molar-refractivity contribution is 5.23. The molecule has 0 amide bonds. The molecule has 2 unspecified atom stereocenters. The second-order valence-corrected chi connectivity index (χ2v) is 4.18. The first-order chi connectivity index (χ1) is 6.79. The molecule has 0 spiro atoms. The van der Waals surface area contributed by atoms with Crippen LogP contribution < -0.4 is 16.0 Å². The van der Waals surface area contributed by atoms with Gasteiger partial charge in [-0.2, -0.15) is 0 Å². The molecule has 2 atom stereocenters. The van der Waals surface area contributed by atoms with E-state index in [9.17, 15) is 0 Å². The van der Waals surface area contributed by atoms with Crippen molar-refractivity contribution in [3.05, 3.63) is 23.9 Å². The fraction of sp³-hybridized carbons (Fsp3) is 0.636. The summed E-state index contributed by atoms with van der Waals surface area (Å²) in [4.78, 5) is 0. The Kier molecular flexibility index (Phi) is 2.89. The van der Waals surface area contributed by atoms with Gasteiger partial charge in [-0.3, -0.25) is 0 Å². The standard InChI is InChI=1S/C11H19N3/c1-3-8(2)11-7-13-9-4-10(14-11)6-12-5-9/h3,9-10,12-14H,1,4-7H2,2H3/b11-8-. The molecule has 2 fully saturated rings. The lowest BCUT2D eigenvalue weighted by molar-refractivity contribution is 0.365. The van der Waals surface area contributed by atoms with Crippen LogP contribution in [0.3, 0.4) is 0 Å². The Balaban J connectivity index is 2.13. The maximum Gasteiger partial charge on any atom is 0.0398 e. The Labute approximate surface area is 85.6 Å². The summed E-state index contributed by atoms with van der Waals surface area (Å²) in [7, 11) is 0. The van der Waals surface area contributed by atoms with Crippen LogP contribution in [0.4, 0.5) is 0 Å². The number of fused-ring (bicyclic) bond motifs is 2. The summed E-state index contributed by atoms with van der Waals surface area (Å²) in [6, 6.07) is 1.20. The summed E-state index contributed by atoms with van der Waals surface area (Å²) in [5.74, 6) is 0. The molecule has 3 heteroatoms. The molecule has 78 valence electrons. The maximum absolute atomic E-state index is 3.81. The number of nitrogens with one attached hydrogen (secondary N) is 3. The van der Waals surface area contributed by atoms with Gasteiger partial charge < -0.3 is 16.0 Å². The largest absolute Gasteiger partial charge is 0.383 e. The molecular weight excluding hydrogens is 174 g/mol. The Morgan fingerprint density at radius 1 is 1.43 bits per heavy atom. The van der Waals surface area contributed by atoms with Crippen LogP contribution in [0.5, 0.6) is 0 Å². The lowest BCUT2D eigenvalue weighted by Gasteiger charge is -2.27. The van der Waals surface area contributed by atoms with Gasteiger partial charge in [0, 0.05) is 37.4 Å². The predicted molar refractivity (Wildman–Crippen MR) is 59.1 cm³/mol. The van der Waals surface area contributed by atoms with Crippen molar-refractivity contribution in [2.75, 3.05) is 19.6 Å². The molecular formula is C11H19N3. The van der Waals surface area contributed by atoms with Crippen LogP contribution in [-0.4, -0.2) is 31.7 Å². The van der Waals surface area contributed by atoms with E-state index < -0.39 is 0 Å². The molecule has 2 aliphatic heterocycles. The topological polar surface area (TPSA) is 36.1 Å². The molecule has 0 aromatic heterocycles. The quantitative estimate of drug-likeness (QED) is 0.563. The average molecular weight is 193 g/mol. The highest BCUT2D eigenvalue weighted by Gasteiger charge is 2.25. The third kappa shape index (κ3) is 1.99. The number of piperidine rings is 1. The molecule has 2 rings (SSSR count). The van der Waals surface area contributed by atoms with Gasteiger partial charge >= 0.3 is 0 Å². The Bertz CT molecular complexity index is 257. The highest BCUT2D eigenvalue weighted by Crippen LogP contribution is 2.12. The van der Waals surface area contributed by atoms with Gasteiger partial charge in [0.15, 0.2) is 0 Å². The van der Waals surface area contributed by atoms with E-state index in [1.54, 1.807) is 0 Å². The summed E-state index contributed by atoms with van der Waals surface area (Å²) >= 11 is 0. The van der Waals surface area contributed by atoms with Gasteiger partial charge in [-0.1, -0.05) is 12.7 Å². The minimum atomic E-state index is 0.577. The molecule has 3 N–H and O–H groups in total. The third-order valence-electron chi connectivity index (χ3n) is 3.08. The van der Waals surface area contributed by atoms with E-state index in [0.717, 1.165) is 19.6 Å². The second-order valence-electron chi connectivity index (χ2n) is 4.18. The monoisotopic (exact) mass is 193 g/mol. The van der Waals surface area contributed by atoms with Crippen LogP contribution in [0, 0.1) is 0 Å². The van der Waals surface area contributed by atoms with Crippen molar-refractivity contribution in [2.45, 2.75) is 25.4 Å². The number of hydrogen-bond acceptors (Lipinski definition) is 3. The molecule has 0 aromatic carbocycles. The van der Waals surface area contributed by atoms with E-state index in [1.807, 2.05) is 6.08 Å². The van der Waals surface area contributed by atoms with Crippen LogP contribution >= 0.6 is 0 Å². The van der Waals surface area contributed by atoms with Crippen molar-refractivity contribution in [1.82, 2.24) is 16.0 Å². The zero-order valence-electron chi connectivity index (χ0n) is 8.77. The summed E-state index contributed by atoms with van der Waals surface area (Å²) in [5, 5.41) is 10.6. The van der Waals surface area contributed by atoms with E-state index in [0.29, 0.717) is 12.1 Å². The molecule has 2 heterocycles. The first kappa shape index (κ1) is 9.74. The normalized spacial score (nSPS) is 35.5. The van der Waals surface area contributed by atoms with Crippen LogP contribution in [0.25, 0.3) is 0 Å². The van der Waals surface area contributed by atoms with E-state index in [1.165, 1.54) is 17.7 Å². The molecule has 0 aliphatic carbocycles. The van der Waals surface area contributed by atoms with Crippen LogP contribution in [0.15, 0.2) is 23.9 Å². The predicted octanol–water partition coefficient (Wildman–Crippen LogP) is 0.370. The van der Waals surface area contributed by atoms with E-state index in [4.69, 9.17) is 0 Å². The van der Waals surface area contributed by atoms with Crippen LogP contribution in [0.2, 0.25) is 0 Å². The summed E-state index contributed by atoms with van der Waals surface area (Å²) in [6.07, 6.45) is 3.15. The molecule has 2 aliphatic rings. The van der Waals surface area contributed by atoms with Gasteiger partial charge in [0.2, 0.25) is 0 Å². The van der Waals surface area contributed by atoms with Crippen molar-refractivity contribution < 1.29 is 0 Å². The van der Waals surface area contributed by atoms with Gasteiger partial charge in [0.05, 0.1) is 0 Å². The molecule has 2 saturated heterocycles. The Morgan fingerprint density at radius 2 is 2.21 bits per heavy atom. The molecule has 14 heavy (non-hydrogen) atoms. The Hall–Kier alpha value is -0.800. The van der Waals surface area contributed by atoms with E-state index >= 15 is 0 Å². The average Bonchev–Trinajstić information content (AvgIpc) is 2.36. The fourth-order valence-corrected chi connectivity index (χ4v) is 2.13. The van der Waals surface area contributed by atoms with Crippen molar-refractivity contribution in [3.8, 4) is 0 Å². The van der Waals surface area contributed by atoms with Crippen molar-refractivity contribution in [1.29, 1.82) is 0 Å².